The van der Waals surface area contributed by atoms with Crippen molar-refractivity contribution in [2.75, 3.05) is 0 Å². The molecule has 0 radical (unpaired) electrons. The van der Waals surface area contributed by atoms with Crippen LogP contribution in [0.25, 0.3) is 10.1 Å². The van der Waals surface area contributed by atoms with Crippen LogP contribution in [-0.2, 0) is 6.54 Å². The van der Waals surface area contributed by atoms with E-state index in [0.717, 1.165) is 22.2 Å². The second-order valence-electron chi connectivity index (χ2n) is 4.01. The Kier molecular flexibility index (Phi) is 2.72. The van der Waals surface area contributed by atoms with Crippen molar-refractivity contribution in [3.63, 3.8) is 0 Å². The molecule has 3 rings (SSSR count). The molecule has 0 atom stereocenters. The number of aryl methyl sites for hydroxylation is 1. The van der Waals surface area contributed by atoms with E-state index >= 15 is 0 Å². The third-order valence-corrected chi connectivity index (χ3v) is 3.95. The molecule has 0 aliphatic carbocycles. The zero-order valence-electron chi connectivity index (χ0n) is 9.96. The van der Waals surface area contributed by atoms with E-state index < -0.39 is 0 Å². The minimum atomic E-state index is -0.000648. The van der Waals surface area contributed by atoms with Crippen LogP contribution in [0.15, 0.2) is 42.0 Å². The fourth-order valence-corrected chi connectivity index (χ4v) is 2.99. The van der Waals surface area contributed by atoms with Gasteiger partial charge in [0, 0.05) is 40.0 Å². The first-order valence-corrected chi connectivity index (χ1v) is 6.71. The van der Waals surface area contributed by atoms with Gasteiger partial charge in [0.1, 0.15) is 0 Å². The third-order valence-electron chi connectivity index (χ3n) is 2.98. The van der Waals surface area contributed by atoms with Crippen molar-refractivity contribution in [3.05, 3.63) is 53.4 Å². The second-order valence-corrected chi connectivity index (χ2v) is 4.92. The van der Waals surface area contributed by atoms with Crippen molar-refractivity contribution in [3.8, 4) is 0 Å². The summed E-state index contributed by atoms with van der Waals surface area (Å²) < 4.78 is 3.00. The van der Waals surface area contributed by atoms with Gasteiger partial charge in [-0.2, -0.15) is 0 Å². The van der Waals surface area contributed by atoms with E-state index in [9.17, 15) is 4.79 Å². The zero-order chi connectivity index (χ0) is 12.5. The number of thiophene rings is 1. The van der Waals surface area contributed by atoms with Gasteiger partial charge >= 0.3 is 0 Å². The summed E-state index contributed by atoms with van der Waals surface area (Å²) in [6.45, 7) is 2.76. The van der Waals surface area contributed by atoms with Crippen molar-refractivity contribution in [1.29, 1.82) is 0 Å². The maximum Gasteiger partial charge on any atom is 0.229 e. The van der Waals surface area contributed by atoms with Crippen LogP contribution in [-0.4, -0.2) is 15.3 Å². The minimum absolute atomic E-state index is 0.000648. The molecule has 0 saturated carbocycles. The Bertz CT molecular complexity index is 711. The average molecular weight is 256 g/mol. The average Bonchev–Trinajstić information content (AvgIpc) is 3.04. The lowest BCUT2D eigenvalue weighted by Gasteiger charge is -2.02. The van der Waals surface area contributed by atoms with Crippen molar-refractivity contribution in [1.82, 2.24) is 9.55 Å². The van der Waals surface area contributed by atoms with Crippen LogP contribution in [0.2, 0.25) is 0 Å². The largest absolute Gasteiger partial charge is 0.328 e. The predicted molar refractivity (Wildman–Crippen MR) is 73.2 cm³/mol. The Morgan fingerprint density at radius 2 is 2.22 bits per heavy atom. The molecule has 90 valence electrons. The lowest BCUT2D eigenvalue weighted by atomic mass is 10.1. The van der Waals surface area contributed by atoms with Gasteiger partial charge in [-0.15, -0.1) is 11.3 Å². The molecule has 0 aliphatic heterocycles. The number of rotatable bonds is 3. The highest BCUT2D eigenvalue weighted by Gasteiger charge is 2.18. The molecule has 0 saturated heterocycles. The molecule has 0 spiro atoms. The monoisotopic (exact) mass is 256 g/mol. The van der Waals surface area contributed by atoms with Gasteiger partial charge in [-0.25, -0.2) is 4.98 Å². The van der Waals surface area contributed by atoms with Gasteiger partial charge in [-0.1, -0.05) is 18.2 Å². The van der Waals surface area contributed by atoms with Crippen molar-refractivity contribution in [2.45, 2.75) is 13.5 Å². The minimum Gasteiger partial charge on any atom is -0.328 e. The molecule has 0 amide bonds. The summed E-state index contributed by atoms with van der Waals surface area (Å²) in [6, 6.07) is 7.96. The number of aromatic nitrogens is 2. The van der Waals surface area contributed by atoms with Crippen molar-refractivity contribution >= 4 is 27.2 Å². The van der Waals surface area contributed by atoms with Gasteiger partial charge in [0.2, 0.25) is 5.78 Å². The van der Waals surface area contributed by atoms with Gasteiger partial charge in [0.05, 0.1) is 0 Å². The Hall–Kier alpha value is -1.94. The molecule has 4 heteroatoms. The van der Waals surface area contributed by atoms with E-state index in [1.54, 1.807) is 17.5 Å². The Labute approximate surface area is 109 Å². The normalized spacial score (nSPS) is 10.9. The molecule has 0 N–H and O–H groups in total. The summed E-state index contributed by atoms with van der Waals surface area (Å²) in [6.07, 6.45) is 3.51. The topological polar surface area (TPSA) is 34.9 Å². The number of imidazole rings is 1. The lowest BCUT2D eigenvalue weighted by molar-refractivity contribution is 0.102. The highest BCUT2D eigenvalue weighted by atomic mass is 32.1. The van der Waals surface area contributed by atoms with Crippen LogP contribution in [0, 0.1) is 0 Å². The fraction of sp³-hybridized carbons (Fsp3) is 0.143. The van der Waals surface area contributed by atoms with E-state index in [1.165, 1.54) is 0 Å². The Morgan fingerprint density at radius 1 is 1.39 bits per heavy atom. The number of carbonyl (C=O) groups excluding carboxylic acids is 1. The molecule has 0 unspecified atom stereocenters. The molecule has 18 heavy (non-hydrogen) atoms. The number of benzene rings is 1. The van der Waals surface area contributed by atoms with Gasteiger partial charge in [-0.05, 0) is 13.0 Å². The van der Waals surface area contributed by atoms with Crippen molar-refractivity contribution < 1.29 is 4.79 Å². The maximum atomic E-state index is 12.5. The number of carbonyl (C=O) groups is 1. The summed E-state index contributed by atoms with van der Waals surface area (Å²) >= 11 is 1.60. The van der Waals surface area contributed by atoms with Gasteiger partial charge < -0.3 is 4.57 Å². The summed E-state index contributed by atoms with van der Waals surface area (Å²) in [4.78, 5) is 16.7. The Balaban J connectivity index is 2.13. The molecule has 0 aliphatic rings. The first-order valence-electron chi connectivity index (χ1n) is 5.83. The lowest BCUT2D eigenvalue weighted by Crippen LogP contribution is -2.09. The number of nitrogens with zero attached hydrogens (tertiary/aromatic N) is 2. The van der Waals surface area contributed by atoms with Crippen LogP contribution < -0.4 is 0 Å². The first-order chi connectivity index (χ1) is 8.81. The summed E-state index contributed by atoms with van der Waals surface area (Å²) in [5.74, 6) is 0.514. The summed E-state index contributed by atoms with van der Waals surface area (Å²) in [5.41, 5.74) is 0.747. The van der Waals surface area contributed by atoms with Crippen LogP contribution in [0.4, 0.5) is 0 Å². The first kappa shape index (κ1) is 11.2. The SMILES string of the molecule is CCn1ccnc1C(=O)c1csc2ccccc12. The number of ketones is 1. The molecular weight excluding hydrogens is 244 g/mol. The molecule has 3 aromatic rings. The smallest absolute Gasteiger partial charge is 0.229 e. The Morgan fingerprint density at radius 3 is 3.06 bits per heavy atom. The second kappa shape index (κ2) is 4.38. The zero-order valence-corrected chi connectivity index (χ0v) is 10.8. The highest BCUT2D eigenvalue weighted by molar-refractivity contribution is 7.17. The molecule has 2 heterocycles. The van der Waals surface area contributed by atoms with E-state index in [2.05, 4.69) is 4.98 Å². The van der Waals surface area contributed by atoms with Crippen LogP contribution >= 0.6 is 11.3 Å². The van der Waals surface area contributed by atoms with Gasteiger partial charge in [-0.3, -0.25) is 4.79 Å². The maximum absolute atomic E-state index is 12.5. The molecular formula is C14H12N2OS. The van der Waals surface area contributed by atoms with Crippen LogP contribution in [0.5, 0.6) is 0 Å². The van der Waals surface area contributed by atoms with E-state index in [1.807, 2.05) is 47.3 Å². The molecule has 1 aromatic carbocycles. The fourth-order valence-electron chi connectivity index (χ4n) is 2.05. The third kappa shape index (κ3) is 1.66. The quantitative estimate of drug-likeness (QED) is 0.674. The van der Waals surface area contributed by atoms with Crippen molar-refractivity contribution in [2.24, 2.45) is 0 Å². The summed E-state index contributed by atoms with van der Waals surface area (Å²) in [7, 11) is 0. The number of hydrogen-bond acceptors (Lipinski definition) is 3. The standard InChI is InChI=1S/C14H12N2OS/c1-2-16-8-7-15-14(16)13(17)11-9-18-12-6-4-3-5-10(11)12/h3-9H,2H2,1H3. The number of hydrogen-bond donors (Lipinski definition) is 0. The van der Waals surface area contributed by atoms with Crippen LogP contribution in [0.3, 0.4) is 0 Å². The molecule has 0 fully saturated rings. The number of fused-ring (bicyclic) bond motifs is 1. The highest BCUT2D eigenvalue weighted by Crippen LogP contribution is 2.27. The molecule has 2 aromatic heterocycles. The van der Waals surface area contributed by atoms with Gasteiger partial charge in [0.15, 0.2) is 5.82 Å². The van der Waals surface area contributed by atoms with E-state index in [-0.39, 0.29) is 5.78 Å². The predicted octanol–water partition coefficient (Wildman–Crippen LogP) is 3.35. The summed E-state index contributed by atoms with van der Waals surface area (Å²) in [5, 5.41) is 2.93. The van der Waals surface area contributed by atoms with Gasteiger partial charge in [0.25, 0.3) is 0 Å². The molecule has 3 nitrogen and oxygen atoms in total. The van der Waals surface area contributed by atoms with E-state index in [0.29, 0.717) is 5.82 Å². The van der Waals surface area contributed by atoms with Crippen LogP contribution in [0.1, 0.15) is 23.1 Å². The molecule has 0 bridgehead atoms. The van der Waals surface area contributed by atoms with E-state index in [4.69, 9.17) is 0 Å².